The van der Waals surface area contributed by atoms with E-state index in [2.05, 4.69) is 36.6 Å². The van der Waals surface area contributed by atoms with E-state index in [0.29, 0.717) is 39.6 Å². The van der Waals surface area contributed by atoms with E-state index in [1.54, 1.807) is 12.1 Å². The van der Waals surface area contributed by atoms with Gasteiger partial charge in [-0.2, -0.15) is 0 Å². The zero-order chi connectivity index (χ0) is 31.0. The third-order valence-electron chi connectivity index (χ3n) is 9.14. The lowest BCUT2D eigenvalue weighted by molar-refractivity contribution is -0.131. The van der Waals surface area contributed by atoms with Crippen LogP contribution in [0, 0.1) is 5.82 Å². The molecule has 8 nitrogen and oxygen atoms in total. The van der Waals surface area contributed by atoms with Gasteiger partial charge in [-0.05, 0) is 62.9 Å². The second-order valence-corrected chi connectivity index (χ2v) is 13.6. The average Bonchev–Trinajstić information content (AvgIpc) is 3.54. The number of aliphatic imine (C=N–C) groups is 1. The molecule has 6 atom stereocenters. The van der Waals surface area contributed by atoms with Gasteiger partial charge in [0.2, 0.25) is 0 Å². The van der Waals surface area contributed by atoms with Gasteiger partial charge < -0.3 is 24.2 Å². The van der Waals surface area contributed by atoms with Crippen molar-refractivity contribution in [1.29, 1.82) is 0 Å². The number of fused-ring (bicyclic) bond motifs is 2. The lowest BCUT2D eigenvalue weighted by Crippen LogP contribution is -2.49. The second kappa shape index (κ2) is 13.3. The van der Waals surface area contributed by atoms with Crippen LogP contribution in [0.4, 0.5) is 4.39 Å². The van der Waals surface area contributed by atoms with Crippen LogP contribution in [-0.2, 0) is 9.53 Å². The number of para-hydroxylation sites is 1. The standard InChI is InChI=1S/C33H39ClFN3O5S/c1-4-20(3)37(17-30-36-32-26(15-29(44-32)33(39)40)38(30)16-22-11-13-41-22)12-10-19(2)23-6-5-7-27-31(23)43-28(18-42-27)24-9-8-21(34)14-25(24)35/h5-9,14-15,19-20,22,26,28,32H,4,10-13,16-18H2,1-3H3,(H,39,40)/t19?,20-,22-,26?,28+,32?/m0/s1. The quantitative estimate of drug-likeness (QED) is 0.281. The van der Waals surface area contributed by atoms with Crippen LogP contribution in [0.25, 0.3) is 0 Å². The third kappa shape index (κ3) is 6.45. The Hall–Kier alpha value is -2.79. The molecule has 1 saturated heterocycles. The lowest BCUT2D eigenvalue weighted by Gasteiger charge is -2.37. The highest BCUT2D eigenvalue weighted by atomic mass is 35.5. The van der Waals surface area contributed by atoms with Crippen LogP contribution in [-0.4, -0.2) is 83.1 Å². The zero-order valence-corrected chi connectivity index (χ0v) is 26.8. The van der Waals surface area contributed by atoms with Gasteiger partial charge in [-0.1, -0.05) is 55.4 Å². The van der Waals surface area contributed by atoms with Crippen LogP contribution in [0.3, 0.4) is 0 Å². The monoisotopic (exact) mass is 643 g/mol. The molecule has 0 bridgehead atoms. The van der Waals surface area contributed by atoms with Crippen molar-refractivity contribution in [2.24, 2.45) is 4.99 Å². The number of ether oxygens (including phenoxy) is 3. The fourth-order valence-electron chi connectivity index (χ4n) is 6.17. The summed E-state index contributed by atoms with van der Waals surface area (Å²) in [5, 5.41) is 9.77. The lowest BCUT2D eigenvalue weighted by atomic mass is 9.95. The molecule has 2 aromatic rings. The van der Waals surface area contributed by atoms with E-state index in [1.807, 2.05) is 18.2 Å². The van der Waals surface area contributed by atoms with Crippen molar-refractivity contribution >= 4 is 35.2 Å². The van der Waals surface area contributed by atoms with Crippen molar-refractivity contribution < 1.29 is 28.5 Å². The van der Waals surface area contributed by atoms with Gasteiger partial charge in [-0.25, -0.2) is 9.18 Å². The van der Waals surface area contributed by atoms with E-state index in [1.165, 1.54) is 17.8 Å². The summed E-state index contributed by atoms with van der Waals surface area (Å²) in [7, 11) is 0. The molecule has 0 radical (unpaired) electrons. The second-order valence-electron chi connectivity index (χ2n) is 12.0. The van der Waals surface area contributed by atoms with Gasteiger partial charge in [0.15, 0.2) is 17.6 Å². The van der Waals surface area contributed by atoms with Gasteiger partial charge >= 0.3 is 5.97 Å². The first-order valence-corrected chi connectivity index (χ1v) is 16.7. The summed E-state index contributed by atoms with van der Waals surface area (Å²) in [6.45, 7) is 9.85. The highest BCUT2D eigenvalue weighted by molar-refractivity contribution is 8.04. The highest BCUT2D eigenvalue weighted by Crippen LogP contribution is 2.44. The number of amidine groups is 1. The number of carbonyl (C=O) groups is 1. The van der Waals surface area contributed by atoms with Crippen LogP contribution in [0.5, 0.6) is 11.5 Å². The Morgan fingerprint density at radius 2 is 2.11 bits per heavy atom. The summed E-state index contributed by atoms with van der Waals surface area (Å²) in [6.07, 6.45) is 4.31. The maximum atomic E-state index is 14.7. The number of thioether (sulfide) groups is 1. The number of halogens is 2. The van der Waals surface area contributed by atoms with E-state index in [4.69, 9.17) is 30.8 Å². The van der Waals surface area contributed by atoms with Crippen LogP contribution in [0.15, 0.2) is 52.4 Å². The molecular weight excluding hydrogens is 605 g/mol. The van der Waals surface area contributed by atoms with Gasteiger partial charge in [0, 0.05) is 35.3 Å². The molecule has 2 aromatic carbocycles. The van der Waals surface area contributed by atoms with E-state index in [9.17, 15) is 14.3 Å². The highest BCUT2D eigenvalue weighted by Gasteiger charge is 2.43. The molecule has 11 heteroatoms. The van der Waals surface area contributed by atoms with Crippen LogP contribution in [0.2, 0.25) is 5.02 Å². The normalized spacial score (nSPS) is 25.3. The molecule has 3 unspecified atom stereocenters. The van der Waals surface area contributed by atoms with Crippen molar-refractivity contribution in [3.8, 4) is 11.5 Å². The van der Waals surface area contributed by atoms with E-state index >= 15 is 0 Å². The summed E-state index contributed by atoms with van der Waals surface area (Å²) in [5.41, 5.74) is 1.46. The van der Waals surface area contributed by atoms with Crippen molar-refractivity contribution in [2.75, 3.05) is 32.8 Å². The minimum absolute atomic E-state index is 0.0607. The van der Waals surface area contributed by atoms with Crippen LogP contribution >= 0.6 is 23.4 Å². The maximum absolute atomic E-state index is 14.7. The first kappa shape index (κ1) is 31.2. The van der Waals surface area contributed by atoms with E-state index in [0.717, 1.165) is 50.4 Å². The number of nitrogens with zero attached hydrogens (tertiary/aromatic N) is 3. The molecule has 0 spiro atoms. The molecule has 0 aromatic heterocycles. The largest absolute Gasteiger partial charge is 0.485 e. The Bertz CT molecular complexity index is 1450. The Balaban J connectivity index is 1.16. The number of carboxylic acid groups (broad SMARTS) is 1. The Labute approximate surface area is 267 Å². The first-order chi connectivity index (χ1) is 21.2. The van der Waals surface area contributed by atoms with Gasteiger partial charge in [-0.15, -0.1) is 0 Å². The number of rotatable bonds is 12. The van der Waals surface area contributed by atoms with Crippen molar-refractivity contribution in [2.45, 2.75) is 75.6 Å². The zero-order valence-electron chi connectivity index (χ0n) is 25.2. The predicted octanol–water partition coefficient (Wildman–Crippen LogP) is 6.50. The van der Waals surface area contributed by atoms with Crippen LogP contribution < -0.4 is 9.47 Å². The van der Waals surface area contributed by atoms with Gasteiger partial charge in [-0.3, -0.25) is 9.89 Å². The summed E-state index contributed by atoms with van der Waals surface area (Å²) in [5.74, 6) is 1.19. The molecule has 1 N–H and O–H groups in total. The topological polar surface area (TPSA) is 83.8 Å². The average molecular weight is 644 g/mol. The summed E-state index contributed by atoms with van der Waals surface area (Å²) in [4.78, 5) is 21.8. The summed E-state index contributed by atoms with van der Waals surface area (Å²) < 4.78 is 32.9. The minimum Gasteiger partial charge on any atom is -0.485 e. The molecule has 236 valence electrons. The molecule has 4 aliphatic rings. The smallest absolute Gasteiger partial charge is 0.341 e. The minimum atomic E-state index is -0.890. The Morgan fingerprint density at radius 1 is 1.30 bits per heavy atom. The van der Waals surface area contributed by atoms with Gasteiger partial charge in [0.25, 0.3) is 0 Å². The summed E-state index contributed by atoms with van der Waals surface area (Å²) in [6, 6.07) is 10.8. The molecule has 0 saturated carbocycles. The molecule has 0 aliphatic carbocycles. The van der Waals surface area contributed by atoms with Crippen LogP contribution in [0.1, 0.15) is 63.2 Å². The van der Waals surface area contributed by atoms with E-state index < -0.39 is 17.9 Å². The Morgan fingerprint density at radius 3 is 2.82 bits per heavy atom. The predicted molar refractivity (Wildman–Crippen MR) is 170 cm³/mol. The number of hydrogen-bond donors (Lipinski definition) is 1. The molecule has 4 aliphatic heterocycles. The molecule has 1 fully saturated rings. The van der Waals surface area contributed by atoms with Gasteiger partial charge in [0.1, 0.15) is 23.6 Å². The SMILES string of the molecule is CC[C@H](C)N(CCC(C)c1cccc2c1O[C@@H](c1ccc(Cl)cc1F)CO2)CC1=NC2SC(C(=O)O)=CC2N1C[C@@H]1CCO1. The third-order valence-corrected chi connectivity index (χ3v) is 10.6. The number of hydrogen-bond acceptors (Lipinski definition) is 8. The Kier molecular flexibility index (Phi) is 9.42. The molecule has 6 rings (SSSR count). The maximum Gasteiger partial charge on any atom is 0.341 e. The molecule has 44 heavy (non-hydrogen) atoms. The van der Waals surface area contributed by atoms with Gasteiger partial charge in [0.05, 0.1) is 23.6 Å². The number of benzene rings is 2. The molecular formula is C33H39ClFN3O5S. The first-order valence-electron chi connectivity index (χ1n) is 15.4. The number of carboxylic acids is 1. The fraction of sp³-hybridized carbons (Fsp3) is 0.515. The summed E-state index contributed by atoms with van der Waals surface area (Å²) >= 11 is 7.31. The number of aliphatic carboxylic acids is 1. The van der Waals surface area contributed by atoms with Crippen molar-refractivity contribution in [3.63, 3.8) is 0 Å². The molecule has 0 amide bonds. The van der Waals surface area contributed by atoms with Crippen molar-refractivity contribution in [1.82, 2.24) is 9.80 Å². The molecule has 4 heterocycles. The van der Waals surface area contributed by atoms with Crippen molar-refractivity contribution in [3.05, 3.63) is 69.3 Å². The fourth-order valence-corrected chi connectivity index (χ4v) is 7.45. The van der Waals surface area contributed by atoms with E-state index in [-0.39, 0.29) is 30.0 Å².